The largest absolute Gasteiger partial charge is 0.349 e. The fourth-order valence-corrected chi connectivity index (χ4v) is 1.96. The van der Waals surface area contributed by atoms with Gasteiger partial charge in [0.2, 0.25) is 0 Å². The molecule has 80 valence electrons. The molecule has 1 aliphatic carbocycles. The van der Waals surface area contributed by atoms with Gasteiger partial charge < -0.3 is 5.32 Å². The highest BCUT2D eigenvalue weighted by molar-refractivity contribution is 9.10. The van der Waals surface area contributed by atoms with Gasteiger partial charge in [0.25, 0.3) is 5.91 Å². The van der Waals surface area contributed by atoms with Gasteiger partial charge in [-0.2, -0.15) is 0 Å². The zero-order valence-electron chi connectivity index (χ0n) is 7.96. The molecule has 0 bridgehead atoms. The van der Waals surface area contributed by atoms with Crippen LogP contribution in [-0.4, -0.2) is 16.9 Å². The molecule has 1 aromatic rings. The summed E-state index contributed by atoms with van der Waals surface area (Å²) in [5.41, 5.74) is 0.543. The molecule has 1 N–H and O–H groups in total. The number of hydrogen-bond donors (Lipinski definition) is 1. The van der Waals surface area contributed by atoms with Crippen LogP contribution in [0.25, 0.3) is 0 Å². The minimum Gasteiger partial charge on any atom is -0.349 e. The molecular formula is C10H10BrClN2O. The summed E-state index contributed by atoms with van der Waals surface area (Å²) in [5.74, 6) is -0.0872. The molecule has 2 rings (SSSR count). The molecule has 3 nitrogen and oxygen atoms in total. The van der Waals surface area contributed by atoms with Gasteiger partial charge in [-0.15, -0.1) is 0 Å². The second-order valence-electron chi connectivity index (χ2n) is 3.59. The summed E-state index contributed by atoms with van der Waals surface area (Å²) in [6.07, 6.45) is 4.88. The zero-order valence-corrected chi connectivity index (χ0v) is 10.3. The van der Waals surface area contributed by atoms with E-state index in [0.29, 0.717) is 21.2 Å². The number of aromatic nitrogens is 1. The Hall–Kier alpha value is -0.610. The van der Waals surface area contributed by atoms with E-state index in [0.717, 1.165) is 12.8 Å². The number of hydrogen-bond acceptors (Lipinski definition) is 2. The maximum atomic E-state index is 11.8. The van der Waals surface area contributed by atoms with Crippen molar-refractivity contribution < 1.29 is 4.79 Å². The van der Waals surface area contributed by atoms with Gasteiger partial charge in [-0.1, -0.05) is 11.6 Å². The van der Waals surface area contributed by atoms with E-state index < -0.39 is 0 Å². The Morgan fingerprint density at radius 2 is 2.33 bits per heavy atom. The summed E-state index contributed by atoms with van der Waals surface area (Å²) >= 11 is 9.01. The monoisotopic (exact) mass is 288 g/mol. The van der Waals surface area contributed by atoms with E-state index in [1.54, 1.807) is 6.07 Å². The lowest BCUT2D eigenvalue weighted by Crippen LogP contribution is -2.39. The first-order chi connectivity index (χ1) is 7.16. The van der Waals surface area contributed by atoms with Crippen LogP contribution in [0.5, 0.6) is 0 Å². The first-order valence-corrected chi connectivity index (χ1v) is 5.96. The van der Waals surface area contributed by atoms with Gasteiger partial charge >= 0.3 is 0 Å². The Labute approximate surface area is 101 Å². The van der Waals surface area contributed by atoms with Gasteiger partial charge in [0.05, 0.1) is 5.56 Å². The molecule has 5 heteroatoms. The summed E-state index contributed by atoms with van der Waals surface area (Å²) in [4.78, 5) is 15.7. The van der Waals surface area contributed by atoms with E-state index in [4.69, 9.17) is 11.6 Å². The van der Waals surface area contributed by atoms with Crippen LogP contribution < -0.4 is 5.32 Å². The van der Waals surface area contributed by atoms with Crippen LogP contribution in [0.4, 0.5) is 0 Å². The highest BCUT2D eigenvalue weighted by atomic mass is 79.9. The molecule has 1 heterocycles. The molecule has 0 aliphatic heterocycles. The fraction of sp³-hybridized carbons (Fsp3) is 0.400. The second kappa shape index (κ2) is 4.49. The number of carbonyl (C=O) groups excluding carboxylic acids is 1. The highest BCUT2D eigenvalue weighted by Gasteiger charge is 2.21. The van der Waals surface area contributed by atoms with Gasteiger partial charge in [0, 0.05) is 16.7 Å². The molecule has 1 amide bonds. The van der Waals surface area contributed by atoms with Crippen LogP contribution in [0, 0.1) is 0 Å². The Morgan fingerprint density at radius 3 is 2.93 bits per heavy atom. The first kappa shape index (κ1) is 10.9. The first-order valence-electron chi connectivity index (χ1n) is 4.79. The molecule has 1 aliphatic rings. The van der Waals surface area contributed by atoms with Crippen molar-refractivity contribution in [1.82, 2.24) is 10.3 Å². The molecule has 15 heavy (non-hydrogen) atoms. The maximum absolute atomic E-state index is 11.8. The molecule has 1 aromatic heterocycles. The topological polar surface area (TPSA) is 42.0 Å². The van der Waals surface area contributed by atoms with Crippen LogP contribution in [0.1, 0.15) is 29.6 Å². The van der Waals surface area contributed by atoms with Crippen LogP contribution in [-0.2, 0) is 0 Å². The SMILES string of the molecule is O=C(NC1CCC1)c1cc(Cl)ncc1Br. The van der Waals surface area contributed by atoms with Gasteiger partial charge in [-0.3, -0.25) is 4.79 Å². The van der Waals surface area contributed by atoms with E-state index in [-0.39, 0.29) is 5.91 Å². The van der Waals surface area contributed by atoms with Crippen LogP contribution in [0.3, 0.4) is 0 Å². The number of carbonyl (C=O) groups is 1. The summed E-state index contributed by atoms with van der Waals surface area (Å²) in [7, 11) is 0. The third-order valence-corrected chi connectivity index (χ3v) is 3.35. The van der Waals surface area contributed by atoms with Crippen molar-refractivity contribution in [3.05, 3.63) is 27.5 Å². The average molecular weight is 290 g/mol. The van der Waals surface area contributed by atoms with Crippen molar-refractivity contribution in [3.8, 4) is 0 Å². The fourth-order valence-electron chi connectivity index (χ4n) is 1.40. The number of halogens is 2. The number of rotatable bonds is 2. The van der Waals surface area contributed by atoms with Crippen LogP contribution in [0.15, 0.2) is 16.7 Å². The van der Waals surface area contributed by atoms with Crippen molar-refractivity contribution in [2.45, 2.75) is 25.3 Å². The summed E-state index contributed by atoms with van der Waals surface area (Å²) in [6.45, 7) is 0. The number of pyridine rings is 1. The molecule has 0 aromatic carbocycles. The minimum atomic E-state index is -0.0872. The smallest absolute Gasteiger partial charge is 0.252 e. The van der Waals surface area contributed by atoms with Gasteiger partial charge in [-0.25, -0.2) is 4.98 Å². The van der Waals surface area contributed by atoms with Gasteiger partial charge in [-0.05, 0) is 41.3 Å². The molecule has 0 unspecified atom stereocenters. The lowest BCUT2D eigenvalue weighted by Gasteiger charge is -2.26. The van der Waals surface area contributed by atoms with Gasteiger partial charge in [0.15, 0.2) is 0 Å². The Kier molecular flexibility index (Phi) is 3.26. The van der Waals surface area contributed by atoms with E-state index >= 15 is 0 Å². The number of amides is 1. The number of nitrogens with zero attached hydrogens (tertiary/aromatic N) is 1. The normalized spacial score (nSPS) is 15.9. The maximum Gasteiger partial charge on any atom is 0.252 e. The average Bonchev–Trinajstić information content (AvgIpc) is 2.15. The minimum absolute atomic E-state index is 0.0872. The van der Waals surface area contributed by atoms with Crippen LogP contribution in [0.2, 0.25) is 5.15 Å². The lowest BCUT2D eigenvalue weighted by molar-refractivity contribution is 0.0916. The van der Waals surface area contributed by atoms with E-state index in [9.17, 15) is 4.79 Å². The summed E-state index contributed by atoms with van der Waals surface area (Å²) < 4.78 is 0.670. The van der Waals surface area contributed by atoms with Crippen molar-refractivity contribution in [3.63, 3.8) is 0 Å². The van der Waals surface area contributed by atoms with E-state index in [1.165, 1.54) is 12.6 Å². The molecule has 0 radical (unpaired) electrons. The predicted octanol–water partition coefficient (Wildman–Crippen LogP) is 2.78. The Morgan fingerprint density at radius 1 is 1.60 bits per heavy atom. The molecule has 0 spiro atoms. The predicted molar refractivity (Wildman–Crippen MR) is 62.1 cm³/mol. The standard InChI is InChI=1S/C10H10BrClN2O/c11-8-5-13-9(12)4-7(8)10(15)14-6-2-1-3-6/h4-6H,1-3H2,(H,14,15). The Balaban J connectivity index is 2.12. The third kappa shape index (κ3) is 2.49. The quantitative estimate of drug-likeness (QED) is 0.851. The molecule has 1 fully saturated rings. The molecular weight excluding hydrogens is 279 g/mol. The van der Waals surface area contributed by atoms with E-state index in [1.807, 2.05) is 0 Å². The summed E-state index contributed by atoms with van der Waals surface area (Å²) in [5, 5.41) is 3.28. The van der Waals surface area contributed by atoms with Crippen molar-refractivity contribution >= 4 is 33.4 Å². The number of nitrogens with one attached hydrogen (secondary N) is 1. The molecule has 0 saturated heterocycles. The highest BCUT2D eigenvalue weighted by Crippen LogP contribution is 2.22. The molecule has 1 saturated carbocycles. The van der Waals surface area contributed by atoms with Crippen LogP contribution >= 0.6 is 27.5 Å². The third-order valence-electron chi connectivity index (χ3n) is 2.51. The van der Waals surface area contributed by atoms with Crippen molar-refractivity contribution in [1.29, 1.82) is 0 Å². The lowest BCUT2D eigenvalue weighted by atomic mass is 9.93. The van der Waals surface area contributed by atoms with Gasteiger partial charge in [0.1, 0.15) is 5.15 Å². The second-order valence-corrected chi connectivity index (χ2v) is 4.83. The molecule has 0 atom stereocenters. The summed E-state index contributed by atoms with van der Waals surface area (Å²) in [6, 6.07) is 1.90. The van der Waals surface area contributed by atoms with E-state index in [2.05, 4.69) is 26.2 Å². The van der Waals surface area contributed by atoms with Crippen molar-refractivity contribution in [2.24, 2.45) is 0 Å². The van der Waals surface area contributed by atoms with Crippen molar-refractivity contribution in [2.75, 3.05) is 0 Å². The zero-order chi connectivity index (χ0) is 10.8. The Bertz CT molecular complexity index is 393.